The third-order valence-corrected chi connectivity index (χ3v) is 15.8. The average Bonchev–Trinajstić information content (AvgIpc) is 3.36. The third kappa shape index (κ3) is 58.4. The van der Waals surface area contributed by atoms with Gasteiger partial charge in [0.05, 0.1) is 39.9 Å². The summed E-state index contributed by atoms with van der Waals surface area (Å²) in [6.45, 7) is 4.85. The van der Waals surface area contributed by atoms with Crippen LogP contribution in [0.25, 0.3) is 0 Å². The molecule has 0 saturated carbocycles. The number of likely N-dealkylation sites (N-methyl/N-ethyl adjacent to an activating group) is 1. The molecule has 74 heavy (non-hydrogen) atoms. The van der Waals surface area contributed by atoms with Crippen LogP contribution in [-0.2, 0) is 18.4 Å². The van der Waals surface area contributed by atoms with Crippen molar-refractivity contribution in [1.29, 1.82) is 0 Å². The first-order valence-corrected chi connectivity index (χ1v) is 33.9. The Morgan fingerprint density at radius 1 is 0.459 bits per heavy atom. The SMILES string of the molecule is CCCCCCC/C=C\C/C=C\CCCCCCCCCCCCCCCCCC(=O)NC(COP(=O)(O)OCC[N+](C)(C)C)C(O)/C=C/CCCCCCCCCCCCCCCCCCCCCCCCC. The number of nitrogens with one attached hydrogen (secondary N) is 1. The van der Waals surface area contributed by atoms with Crippen LogP contribution in [0.2, 0.25) is 0 Å². The number of hydrogen-bond acceptors (Lipinski definition) is 5. The number of phosphoric acid groups is 1. The van der Waals surface area contributed by atoms with Crippen molar-refractivity contribution in [3.05, 3.63) is 36.5 Å². The van der Waals surface area contributed by atoms with Crippen LogP contribution in [0.15, 0.2) is 36.5 Å². The van der Waals surface area contributed by atoms with Crippen LogP contribution in [0.1, 0.15) is 322 Å². The summed E-state index contributed by atoms with van der Waals surface area (Å²) in [5.41, 5.74) is 0. The van der Waals surface area contributed by atoms with E-state index in [-0.39, 0.29) is 19.1 Å². The van der Waals surface area contributed by atoms with Crippen molar-refractivity contribution in [3.63, 3.8) is 0 Å². The van der Waals surface area contributed by atoms with Gasteiger partial charge in [0, 0.05) is 6.42 Å². The highest BCUT2D eigenvalue weighted by Crippen LogP contribution is 2.43. The topological polar surface area (TPSA) is 105 Å². The first kappa shape index (κ1) is 72.7. The van der Waals surface area contributed by atoms with Crippen LogP contribution >= 0.6 is 7.82 Å². The smallest absolute Gasteiger partial charge is 0.387 e. The number of nitrogens with zero attached hydrogens (tertiary/aromatic N) is 1. The Hall–Kier alpha value is -1.28. The van der Waals surface area contributed by atoms with Crippen LogP contribution in [0.4, 0.5) is 0 Å². The van der Waals surface area contributed by atoms with Gasteiger partial charge in [-0.05, 0) is 51.4 Å². The van der Waals surface area contributed by atoms with E-state index in [0.29, 0.717) is 17.4 Å². The van der Waals surface area contributed by atoms with Crippen molar-refractivity contribution < 1.29 is 32.9 Å². The Balaban J connectivity index is 4.12. The lowest BCUT2D eigenvalue weighted by Gasteiger charge is -2.25. The van der Waals surface area contributed by atoms with Crippen molar-refractivity contribution in [2.24, 2.45) is 0 Å². The zero-order valence-electron chi connectivity index (χ0n) is 50.1. The highest BCUT2D eigenvalue weighted by molar-refractivity contribution is 7.47. The average molecular weight is 1060 g/mol. The second-order valence-electron chi connectivity index (χ2n) is 23.5. The number of carbonyl (C=O) groups is 1. The van der Waals surface area contributed by atoms with Gasteiger partial charge in [-0.25, -0.2) is 4.57 Å². The first-order chi connectivity index (χ1) is 36.0. The van der Waals surface area contributed by atoms with E-state index in [4.69, 9.17) is 9.05 Å². The summed E-state index contributed by atoms with van der Waals surface area (Å²) in [5, 5.41) is 14.0. The summed E-state index contributed by atoms with van der Waals surface area (Å²) in [5.74, 6) is -0.172. The van der Waals surface area contributed by atoms with Crippen LogP contribution < -0.4 is 5.32 Å². The highest BCUT2D eigenvalue weighted by Gasteiger charge is 2.28. The Morgan fingerprint density at radius 2 is 0.770 bits per heavy atom. The molecule has 0 heterocycles. The molecule has 0 aliphatic carbocycles. The zero-order valence-corrected chi connectivity index (χ0v) is 51.0. The summed E-state index contributed by atoms with van der Waals surface area (Å²) in [7, 11) is 1.59. The standard InChI is InChI=1S/C65H127N2O6P/c1-6-8-10-12-14-16-18-20-22-24-26-28-30-32-33-35-37-39-41-43-45-47-49-51-53-55-57-59-65(69)66-63(62-73-74(70,71)72-61-60-67(3,4)5)64(68)58-56-54-52-50-48-46-44-42-40-38-36-34-31-29-27-25-23-21-19-17-15-13-11-9-7-2/h18,20,24,26,56,58,63-64,68H,6-17,19,21-23,25,27-55,57,59-62H2,1-5H3,(H-,66,69,70,71)/p+1/b20-18-,26-24-,58-56+. The van der Waals surface area contributed by atoms with Crippen LogP contribution in [0.5, 0.6) is 0 Å². The van der Waals surface area contributed by atoms with E-state index in [1.54, 1.807) is 6.08 Å². The molecule has 0 fully saturated rings. The Morgan fingerprint density at radius 3 is 1.11 bits per heavy atom. The monoisotopic (exact) mass is 1060 g/mol. The van der Waals surface area contributed by atoms with Gasteiger partial charge in [0.15, 0.2) is 0 Å². The first-order valence-electron chi connectivity index (χ1n) is 32.4. The summed E-state index contributed by atoms with van der Waals surface area (Å²) in [6, 6.07) is -0.847. The van der Waals surface area contributed by atoms with Crippen molar-refractivity contribution in [1.82, 2.24) is 5.32 Å². The van der Waals surface area contributed by atoms with E-state index < -0.39 is 20.0 Å². The summed E-state index contributed by atoms with van der Waals surface area (Å²) in [4.78, 5) is 23.4. The molecular weight excluding hydrogens is 936 g/mol. The number of phosphoric ester groups is 1. The fourth-order valence-electron chi connectivity index (χ4n) is 9.78. The van der Waals surface area contributed by atoms with Gasteiger partial charge < -0.3 is 19.8 Å². The molecule has 0 aromatic rings. The van der Waals surface area contributed by atoms with Crippen LogP contribution in [0.3, 0.4) is 0 Å². The normalized spacial score (nSPS) is 14.0. The molecule has 3 unspecified atom stereocenters. The van der Waals surface area contributed by atoms with Gasteiger partial charge in [-0.2, -0.15) is 0 Å². The van der Waals surface area contributed by atoms with E-state index >= 15 is 0 Å². The molecule has 8 nitrogen and oxygen atoms in total. The van der Waals surface area contributed by atoms with Gasteiger partial charge in [-0.15, -0.1) is 0 Å². The van der Waals surface area contributed by atoms with E-state index in [2.05, 4.69) is 43.5 Å². The van der Waals surface area contributed by atoms with E-state index in [1.165, 1.54) is 257 Å². The lowest BCUT2D eigenvalue weighted by atomic mass is 10.0. The second-order valence-corrected chi connectivity index (χ2v) is 24.9. The predicted octanol–water partition coefficient (Wildman–Crippen LogP) is 20.1. The number of aliphatic hydroxyl groups is 1. The number of allylic oxidation sites excluding steroid dienone is 5. The maximum Gasteiger partial charge on any atom is 0.472 e. The third-order valence-electron chi connectivity index (χ3n) is 14.9. The number of amides is 1. The van der Waals surface area contributed by atoms with Gasteiger partial charge in [-0.3, -0.25) is 13.8 Å². The molecule has 0 aliphatic rings. The summed E-state index contributed by atoms with van der Waals surface area (Å²) in [6.07, 6.45) is 74.1. The Labute approximate surface area is 461 Å². The molecule has 0 bridgehead atoms. The minimum absolute atomic E-state index is 0.0629. The zero-order chi connectivity index (χ0) is 54.2. The minimum atomic E-state index is -4.35. The van der Waals surface area contributed by atoms with E-state index in [1.807, 2.05) is 27.2 Å². The van der Waals surface area contributed by atoms with Gasteiger partial charge in [-0.1, -0.05) is 301 Å². The molecular formula is C65H128N2O6P+. The number of unbranched alkanes of at least 4 members (excludes halogenated alkanes) is 43. The van der Waals surface area contributed by atoms with Crippen molar-refractivity contribution in [3.8, 4) is 0 Å². The lowest BCUT2D eigenvalue weighted by Crippen LogP contribution is -2.45. The van der Waals surface area contributed by atoms with Gasteiger partial charge >= 0.3 is 7.82 Å². The minimum Gasteiger partial charge on any atom is -0.387 e. The molecule has 3 N–H and O–H groups in total. The summed E-state index contributed by atoms with van der Waals surface area (Å²) >= 11 is 0. The molecule has 438 valence electrons. The molecule has 0 rings (SSSR count). The van der Waals surface area contributed by atoms with Gasteiger partial charge in [0.2, 0.25) is 5.91 Å². The van der Waals surface area contributed by atoms with Crippen molar-refractivity contribution in [2.45, 2.75) is 334 Å². The van der Waals surface area contributed by atoms with Gasteiger partial charge in [0.1, 0.15) is 13.2 Å². The fraction of sp³-hybridized carbons (Fsp3) is 0.892. The molecule has 0 aromatic heterocycles. The van der Waals surface area contributed by atoms with E-state index in [9.17, 15) is 19.4 Å². The molecule has 0 spiro atoms. The number of rotatable bonds is 60. The van der Waals surface area contributed by atoms with Crippen LogP contribution in [-0.4, -0.2) is 73.4 Å². The molecule has 0 aliphatic heterocycles. The molecule has 0 radical (unpaired) electrons. The second kappa shape index (κ2) is 56.4. The van der Waals surface area contributed by atoms with Gasteiger partial charge in [0.25, 0.3) is 0 Å². The largest absolute Gasteiger partial charge is 0.472 e. The Kier molecular flexibility index (Phi) is 55.5. The maximum atomic E-state index is 13.0. The Bertz CT molecular complexity index is 1300. The van der Waals surface area contributed by atoms with Crippen molar-refractivity contribution >= 4 is 13.7 Å². The quantitative estimate of drug-likeness (QED) is 0.0243. The fourth-order valence-corrected chi connectivity index (χ4v) is 10.5. The highest BCUT2D eigenvalue weighted by atomic mass is 31.2. The molecule has 9 heteroatoms. The maximum absolute atomic E-state index is 13.0. The van der Waals surface area contributed by atoms with Crippen LogP contribution in [0, 0.1) is 0 Å². The number of aliphatic hydroxyl groups excluding tert-OH is 1. The number of carbonyl (C=O) groups excluding carboxylic acids is 1. The number of quaternary nitrogens is 1. The lowest BCUT2D eigenvalue weighted by molar-refractivity contribution is -0.870. The van der Waals surface area contributed by atoms with Crippen molar-refractivity contribution in [2.75, 3.05) is 40.9 Å². The number of hydrogen-bond donors (Lipinski definition) is 3. The molecule has 3 atom stereocenters. The predicted molar refractivity (Wildman–Crippen MR) is 323 cm³/mol. The molecule has 0 saturated heterocycles. The van der Waals surface area contributed by atoms with E-state index in [0.717, 1.165) is 44.9 Å². The molecule has 1 amide bonds. The summed E-state index contributed by atoms with van der Waals surface area (Å²) < 4.78 is 23.8. The molecule has 0 aromatic carbocycles.